The number of hydrogen-bond acceptors (Lipinski definition) is 10. The van der Waals surface area contributed by atoms with Gasteiger partial charge in [-0.15, -0.1) is 0 Å². The third kappa shape index (κ3) is 13.4. The number of hydrogen-bond donors (Lipinski definition) is 2. The topological polar surface area (TPSA) is 117 Å². The van der Waals surface area contributed by atoms with Crippen molar-refractivity contribution in [2.75, 3.05) is 131 Å². The van der Waals surface area contributed by atoms with Crippen LogP contribution in [0.1, 0.15) is 26.2 Å². The van der Waals surface area contributed by atoms with Gasteiger partial charge < -0.3 is 44.4 Å². The number of piperazine rings is 1. The zero-order valence-corrected chi connectivity index (χ0v) is 28.3. The molecule has 1 aliphatic carbocycles. The van der Waals surface area contributed by atoms with E-state index < -0.39 is 0 Å². The second-order valence-corrected chi connectivity index (χ2v) is 11.8. The van der Waals surface area contributed by atoms with Gasteiger partial charge in [0.1, 0.15) is 0 Å². The van der Waals surface area contributed by atoms with Gasteiger partial charge in [-0.25, -0.2) is 0 Å². The van der Waals surface area contributed by atoms with E-state index in [0.29, 0.717) is 85.6 Å². The Kier molecular flexibility index (Phi) is 17.5. The molecule has 0 bridgehead atoms. The maximum atomic E-state index is 11.3. The first kappa shape index (κ1) is 37.2. The van der Waals surface area contributed by atoms with Gasteiger partial charge in [0, 0.05) is 63.1 Å². The fourth-order valence-electron chi connectivity index (χ4n) is 5.92. The highest BCUT2D eigenvalue weighted by atomic mass is 16.6. The maximum absolute atomic E-state index is 11.3. The molecule has 0 radical (unpaired) electrons. The SMILES string of the molecule is CCNC(=O)CCOCCOCCOCCOCCOCCOCCN1CCN(CCC2=c3c(c(N)cc4ccccc34)=CC2)CC1. The molecule has 11 nitrogen and oxygen atoms in total. The van der Waals surface area contributed by atoms with Crippen LogP contribution in [0.5, 0.6) is 0 Å². The zero-order valence-electron chi connectivity index (χ0n) is 28.3. The van der Waals surface area contributed by atoms with Crippen LogP contribution in [0.15, 0.2) is 30.3 Å². The molecule has 262 valence electrons. The molecule has 2 aromatic rings. The van der Waals surface area contributed by atoms with E-state index in [2.05, 4.69) is 51.5 Å². The van der Waals surface area contributed by atoms with E-state index in [0.717, 1.165) is 64.4 Å². The normalized spacial score (nSPS) is 15.3. The number of nitrogens with one attached hydrogen (secondary N) is 1. The molecule has 47 heavy (non-hydrogen) atoms. The van der Waals surface area contributed by atoms with Crippen LogP contribution in [0.4, 0.5) is 5.69 Å². The number of nitrogens with two attached hydrogens (primary N) is 1. The van der Waals surface area contributed by atoms with E-state index >= 15 is 0 Å². The standard InChI is InChI=1S/C36H56N4O7/c1-2-38-35(41)10-17-42-19-21-44-23-25-46-27-28-47-26-24-45-22-20-43-18-16-40-14-12-39(13-15-40)11-9-30-7-8-33-34(37)29-31-5-3-4-6-32(31)36(30)33/h3-6,8,29H,2,7,9-28,37H2,1H3,(H,38,41). The number of carbonyl (C=O) groups excluding carboxylic acids is 1. The lowest BCUT2D eigenvalue weighted by Crippen LogP contribution is -2.47. The molecule has 0 aromatic heterocycles. The van der Waals surface area contributed by atoms with Gasteiger partial charge in [-0.05, 0) is 41.8 Å². The average Bonchev–Trinajstić information content (AvgIpc) is 3.52. The van der Waals surface area contributed by atoms with Crippen LogP contribution in [0.2, 0.25) is 0 Å². The highest BCUT2D eigenvalue weighted by Crippen LogP contribution is 2.18. The molecular formula is C36H56N4O7. The molecule has 1 aliphatic heterocycles. The number of rotatable bonds is 25. The lowest BCUT2D eigenvalue weighted by Gasteiger charge is -2.34. The number of fused-ring (bicyclic) bond motifs is 3. The van der Waals surface area contributed by atoms with Crippen molar-refractivity contribution in [3.05, 3.63) is 40.8 Å². The Labute approximate surface area is 279 Å². The summed E-state index contributed by atoms with van der Waals surface area (Å²) >= 11 is 0. The number of anilines is 1. The van der Waals surface area contributed by atoms with Crippen molar-refractivity contribution in [2.24, 2.45) is 0 Å². The van der Waals surface area contributed by atoms with Crippen LogP contribution in [0.3, 0.4) is 0 Å². The minimum atomic E-state index is 0.00780. The molecule has 0 atom stereocenters. The van der Waals surface area contributed by atoms with Crippen LogP contribution in [0.25, 0.3) is 22.4 Å². The lowest BCUT2D eigenvalue weighted by molar-refractivity contribution is -0.122. The summed E-state index contributed by atoms with van der Waals surface area (Å²) in [6.45, 7) is 15.3. The molecule has 1 fully saturated rings. The van der Waals surface area contributed by atoms with E-state index in [-0.39, 0.29) is 5.91 Å². The van der Waals surface area contributed by atoms with Crippen LogP contribution in [-0.2, 0) is 33.2 Å². The molecular weight excluding hydrogens is 600 g/mol. The minimum absolute atomic E-state index is 0.00780. The van der Waals surface area contributed by atoms with Crippen molar-refractivity contribution >= 4 is 34.0 Å². The molecule has 0 spiro atoms. The second kappa shape index (κ2) is 22.1. The van der Waals surface area contributed by atoms with Gasteiger partial charge in [0.25, 0.3) is 0 Å². The molecule has 4 rings (SSSR count). The number of carbonyl (C=O) groups is 1. The Morgan fingerprint density at radius 3 is 1.87 bits per heavy atom. The van der Waals surface area contributed by atoms with E-state index in [4.69, 9.17) is 34.2 Å². The molecule has 0 unspecified atom stereocenters. The van der Waals surface area contributed by atoms with Gasteiger partial charge in [-0.2, -0.15) is 0 Å². The highest BCUT2D eigenvalue weighted by molar-refractivity contribution is 5.89. The van der Waals surface area contributed by atoms with Gasteiger partial charge in [0.2, 0.25) is 5.91 Å². The van der Waals surface area contributed by atoms with E-state index in [1.54, 1.807) is 0 Å². The van der Waals surface area contributed by atoms with E-state index in [1.807, 2.05) is 6.92 Å². The fourth-order valence-corrected chi connectivity index (χ4v) is 5.92. The average molecular weight is 657 g/mol. The number of nitrogens with zero attached hydrogens (tertiary/aromatic N) is 2. The summed E-state index contributed by atoms with van der Waals surface area (Å²) in [6, 6.07) is 10.7. The van der Waals surface area contributed by atoms with Crippen molar-refractivity contribution in [3.8, 4) is 0 Å². The largest absolute Gasteiger partial charge is 0.398 e. The Bertz CT molecular complexity index is 1320. The quantitative estimate of drug-likeness (QED) is 0.120. The van der Waals surface area contributed by atoms with Crippen molar-refractivity contribution in [3.63, 3.8) is 0 Å². The molecule has 2 aliphatic rings. The zero-order chi connectivity index (χ0) is 32.9. The summed E-state index contributed by atoms with van der Waals surface area (Å²) in [5.41, 5.74) is 8.81. The molecule has 1 heterocycles. The van der Waals surface area contributed by atoms with Crippen LogP contribution in [0, 0.1) is 0 Å². The lowest BCUT2D eigenvalue weighted by atomic mass is 10.0. The summed E-state index contributed by atoms with van der Waals surface area (Å²) in [4.78, 5) is 16.4. The predicted molar refractivity (Wildman–Crippen MR) is 186 cm³/mol. The number of benzene rings is 2. The smallest absolute Gasteiger partial charge is 0.222 e. The van der Waals surface area contributed by atoms with Crippen LogP contribution in [-0.4, -0.2) is 141 Å². The summed E-state index contributed by atoms with van der Waals surface area (Å²) in [5, 5.41) is 7.90. The number of ether oxygens (including phenoxy) is 6. The summed E-state index contributed by atoms with van der Waals surface area (Å²) in [6.07, 6.45) is 4.79. The molecule has 1 saturated heterocycles. The summed E-state index contributed by atoms with van der Waals surface area (Å²) < 4.78 is 33.2. The van der Waals surface area contributed by atoms with Gasteiger partial charge in [0.05, 0.1) is 79.3 Å². The molecule has 11 heteroatoms. The fraction of sp³-hybridized carbons (Fsp3) is 0.639. The maximum Gasteiger partial charge on any atom is 0.222 e. The Morgan fingerprint density at radius 2 is 1.28 bits per heavy atom. The van der Waals surface area contributed by atoms with Gasteiger partial charge in [-0.1, -0.05) is 35.9 Å². The Hall–Kier alpha value is -2.61. The first-order valence-corrected chi connectivity index (χ1v) is 17.3. The number of amides is 1. The van der Waals surface area contributed by atoms with Gasteiger partial charge in [0.15, 0.2) is 0 Å². The van der Waals surface area contributed by atoms with Crippen LogP contribution >= 0.6 is 0 Å². The summed E-state index contributed by atoms with van der Waals surface area (Å²) in [5.74, 6) is 0.00780. The van der Waals surface area contributed by atoms with Crippen molar-refractivity contribution in [1.82, 2.24) is 15.1 Å². The van der Waals surface area contributed by atoms with Gasteiger partial charge in [-0.3, -0.25) is 9.69 Å². The van der Waals surface area contributed by atoms with Crippen molar-refractivity contribution in [1.29, 1.82) is 0 Å². The van der Waals surface area contributed by atoms with Crippen molar-refractivity contribution in [2.45, 2.75) is 26.2 Å². The Morgan fingerprint density at radius 1 is 0.745 bits per heavy atom. The Balaban J connectivity index is 0.906. The monoisotopic (exact) mass is 656 g/mol. The molecule has 2 aromatic carbocycles. The van der Waals surface area contributed by atoms with E-state index in [9.17, 15) is 4.79 Å². The third-order valence-corrected chi connectivity index (χ3v) is 8.48. The minimum Gasteiger partial charge on any atom is -0.398 e. The second-order valence-electron chi connectivity index (χ2n) is 11.8. The number of nitrogen functional groups attached to an aromatic ring is 1. The van der Waals surface area contributed by atoms with Gasteiger partial charge >= 0.3 is 0 Å². The molecule has 3 N–H and O–H groups in total. The molecule has 0 saturated carbocycles. The van der Waals surface area contributed by atoms with Crippen molar-refractivity contribution < 1.29 is 33.2 Å². The summed E-state index contributed by atoms with van der Waals surface area (Å²) in [7, 11) is 0. The predicted octanol–water partition coefficient (Wildman–Crippen LogP) is 1.39. The van der Waals surface area contributed by atoms with E-state index in [1.165, 1.54) is 26.8 Å². The highest BCUT2D eigenvalue weighted by Gasteiger charge is 2.18. The first-order chi connectivity index (χ1) is 23.2. The third-order valence-electron chi connectivity index (χ3n) is 8.48. The molecule has 1 amide bonds. The first-order valence-electron chi connectivity index (χ1n) is 17.3. The van der Waals surface area contributed by atoms with Crippen LogP contribution < -0.4 is 21.5 Å².